The van der Waals surface area contributed by atoms with Gasteiger partial charge in [0.05, 0.1) is 5.56 Å². The van der Waals surface area contributed by atoms with Gasteiger partial charge < -0.3 is 5.11 Å². The van der Waals surface area contributed by atoms with Gasteiger partial charge in [-0.2, -0.15) is 13.2 Å². The number of carboxylic acid groups (broad SMARTS) is 1. The Morgan fingerprint density at radius 2 is 1.78 bits per heavy atom. The van der Waals surface area contributed by atoms with E-state index in [0.717, 1.165) is 56.3 Å². The van der Waals surface area contributed by atoms with Gasteiger partial charge in [0, 0.05) is 18.5 Å². The van der Waals surface area contributed by atoms with Crippen molar-refractivity contribution in [3.8, 4) is 0 Å². The normalized spacial score (nSPS) is 20.8. The van der Waals surface area contributed by atoms with Crippen molar-refractivity contribution >= 4 is 5.97 Å². The van der Waals surface area contributed by atoms with Crippen LogP contribution in [0.2, 0.25) is 0 Å². The lowest BCUT2D eigenvalue weighted by molar-refractivity contribution is -0.139. The maximum atomic E-state index is 13.1. The van der Waals surface area contributed by atoms with Crippen molar-refractivity contribution in [2.24, 2.45) is 5.92 Å². The van der Waals surface area contributed by atoms with Gasteiger partial charge in [-0.05, 0) is 67.8 Å². The molecule has 1 saturated heterocycles. The van der Waals surface area contributed by atoms with E-state index >= 15 is 0 Å². The van der Waals surface area contributed by atoms with E-state index in [4.69, 9.17) is 0 Å². The number of carboxylic acids is 1. The summed E-state index contributed by atoms with van der Waals surface area (Å²) in [7, 11) is 0. The molecule has 0 spiro atoms. The Kier molecular flexibility index (Phi) is 8.35. The highest BCUT2D eigenvalue weighted by molar-refractivity contribution is 5.67. The smallest absolute Gasteiger partial charge is 0.416 e. The van der Waals surface area contributed by atoms with Gasteiger partial charge in [-0.15, -0.1) is 0 Å². The molecule has 3 rings (SSSR count). The average Bonchev–Trinajstić information content (AvgIpc) is 2.76. The molecule has 3 nitrogen and oxygen atoms in total. The van der Waals surface area contributed by atoms with E-state index in [1.807, 2.05) is 18.2 Å². The number of carbonyl (C=O) groups is 1. The highest BCUT2D eigenvalue weighted by atomic mass is 19.4. The number of halogens is 3. The molecule has 2 aromatic rings. The number of aliphatic carboxylic acids is 1. The minimum atomic E-state index is -4.36. The van der Waals surface area contributed by atoms with Crippen LogP contribution in [-0.4, -0.2) is 28.6 Å². The largest absolute Gasteiger partial charge is 0.481 e. The number of hydrogen-bond acceptors (Lipinski definition) is 2. The number of rotatable bonds is 9. The Labute approximate surface area is 188 Å². The molecule has 0 aliphatic carbocycles. The van der Waals surface area contributed by atoms with Gasteiger partial charge >= 0.3 is 12.1 Å². The Hall–Kier alpha value is -2.34. The Bertz CT molecular complexity index is 852. The fraction of sp³-hybridized carbons (Fsp3) is 0.500. The van der Waals surface area contributed by atoms with E-state index in [-0.39, 0.29) is 18.4 Å². The summed E-state index contributed by atoms with van der Waals surface area (Å²) in [4.78, 5) is 13.7. The second kappa shape index (κ2) is 11.0. The first kappa shape index (κ1) is 24.3. The number of likely N-dealkylation sites (tertiary alicyclic amines) is 1. The van der Waals surface area contributed by atoms with Gasteiger partial charge in [-0.25, -0.2) is 0 Å². The molecule has 0 amide bonds. The maximum Gasteiger partial charge on any atom is 0.416 e. The second-order valence-corrected chi connectivity index (χ2v) is 8.83. The third-order valence-corrected chi connectivity index (χ3v) is 6.54. The fourth-order valence-corrected chi connectivity index (χ4v) is 4.93. The van der Waals surface area contributed by atoms with Gasteiger partial charge in [-0.1, -0.05) is 55.8 Å². The first-order chi connectivity index (χ1) is 15.3. The van der Waals surface area contributed by atoms with Crippen LogP contribution in [0.15, 0.2) is 54.6 Å². The molecule has 6 heteroatoms. The fourth-order valence-electron chi connectivity index (χ4n) is 4.93. The molecule has 1 aliphatic heterocycles. The molecule has 1 heterocycles. The summed E-state index contributed by atoms with van der Waals surface area (Å²) in [6.45, 7) is 2.92. The Balaban J connectivity index is 1.83. The van der Waals surface area contributed by atoms with Crippen molar-refractivity contribution in [1.29, 1.82) is 0 Å². The summed E-state index contributed by atoms with van der Waals surface area (Å²) in [6.07, 6.45) is 1.14. The van der Waals surface area contributed by atoms with Crippen LogP contribution >= 0.6 is 0 Å². The topological polar surface area (TPSA) is 40.5 Å². The minimum Gasteiger partial charge on any atom is -0.481 e. The first-order valence-electron chi connectivity index (χ1n) is 11.5. The van der Waals surface area contributed by atoms with Gasteiger partial charge in [0.15, 0.2) is 0 Å². The molecule has 174 valence electrons. The van der Waals surface area contributed by atoms with Crippen molar-refractivity contribution in [3.05, 3.63) is 71.3 Å². The number of alkyl halides is 3. The summed E-state index contributed by atoms with van der Waals surface area (Å²) in [5, 5.41) is 9.28. The number of hydrogen-bond donors (Lipinski definition) is 1. The first-order valence-corrected chi connectivity index (χ1v) is 11.5. The molecule has 1 fully saturated rings. The lowest BCUT2D eigenvalue weighted by atomic mass is 9.83. The molecular formula is C26H32F3NO2. The van der Waals surface area contributed by atoms with E-state index < -0.39 is 17.7 Å². The minimum absolute atomic E-state index is 0.0347. The third kappa shape index (κ3) is 6.58. The number of aryl methyl sites for hydroxylation is 1. The van der Waals surface area contributed by atoms with Crippen LogP contribution in [0.5, 0.6) is 0 Å². The summed E-state index contributed by atoms with van der Waals surface area (Å²) in [6, 6.07) is 16.0. The molecule has 32 heavy (non-hydrogen) atoms. The molecular weight excluding hydrogens is 415 g/mol. The zero-order valence-electron chi connectivity index (χ0n) is 18.5. The zero-order valence-corrected chi connectivity index (χ0v) is 18.5. The lowest BCUT2D eigenvalue weighted by Crippen LogP contribution is -2.44. The predicted molar refractivity (Wildman–Crippen MR) is 119 cm³/mol. The van der Waals surface area contributed by atoms with Crippen LogP contribution in [0.3, 0.4) is 0 Å². The predicted octanol–water partition coefficient (Wildman–Crippen LogP) is 6.73. The quantitative estimate of drug-likeness (QED) is 0.463. The van der Waals surface area contributed by atoms with Crippen LogP contribution in [0.4, 0.5) is 13.2 Å². The maximum absolute atomic E-state index is 13.1. The van der Waals surface area contributed by atoms with Crippen LogP contribution < -0.4 is 0 Å². The van der Waals surface area contributed by atoms with Crippen LogP contribution in [-0.2, 0) is 17.4 Å². The number of piperidine rings is 1. The van der Waals surface area contributed by atoms with E-state index in [1.54, 1.807) is 12.1 Å². The van der Waals surface area contributed by atoms with E-state index in [1.165, 1.54) is 5.56 Å². The SMILES string of the molecule is CCC[C@@H](CCc1ccccc1)N1CC[C@@H](CC(=O)O)C[C@H]1c1ccc(C(F)(F)F)cc1. The van der Waals surface area contributed by atoms with Gasteiger partial charge in [-0.3, -0.25) is 9.69 Å². The lowest BCUT2D eigenvalue weighted by Gasteiger charge is -2.44. The number of benzene rings is 2. The van der Waals surface area contributed by atoms with E-state index in [2.05, 4.69) is 24.0 Å². The molecule has 1 aliphatic rings. The van der Waals surface area contributed by atoms with Crippen LogP contribution in [0.25, 0.3) is 0 Å². The average molecular weight is 448 g/mol. The molecule has 3 atom stereocenters. The monoisotopic (exact) mass is 447 g/mol. The number of nitrogens with zero attached hydrogens (tertiary/aromatic N) is 1. The molecule has 0 bridgehead atoms. The van der Waals surface area contributed by atoms with Gasteiger partial charge in [0.25, 0.3) is 0 Å². The van der Waals surface area contributed by atoms with Crippen molar-refractivity contribution in [2.45, 2.75) is 70.1 Å². The van der Waals surface area contributed by atoms with Crippen LogP contribution in [0.1, 0.15) is 68.2 Å². The zero-order chi connectivity index (χ0) is 23.1. The third-order valence-electron chi connectivity index (χ3n) is 6.54. The van der Waals surface area contributed by atoms with Crippen LogP contribution in [0, 0.1) is 5.92 Å². The molecule has 0 aromatic heterocycles. The van der Waals surface area contributed by atoms with Crippen molar-refractivity contribution in [3.63, 3.8) is 0 Å². The highest BCUT2D eigenvalue weighted by Crippen LogP contribution is 2.39. The Morgan fingerprint density at radius 1 is 1.09 bits per heavy atom. The summed E-state index contributed by atoms with van der Waals surface area (Å²) >= 11 is 0. The highest BCUT2D eigenvalue weighted by Gasteiger charge is 2.35. The molecule has 1 N–H and O–H groups in total. The summed E-state index contributed by atoms with van der Waals surface area (Å²) in [5.74, 6) is -0.781. The van der Waals surface area contributed by atoms with Crippen molar-refractivity contribution < 1.29 is 23.1 Å². The van der Waals surface area contributed by atoms with Gasteiger partial charge in [0.1, 0.15) is 0 Å². The molecule has 0 unspecified atom stereocenters. The Morgan fingerprint density at radius 3 is 2.38 bits per heavy atom. The summed E-state index contributed by atoms with van der Waals surface area (Å²) in [5.41, 5.74) is 1.47. The van der Waals surface area contributed by atoms with E-state index in [9.17, 15) is 23.1 Å². The summed E-state index contributed by atoms with van der Waals surface area (Å²) < 4.78 is 39.2. The standard InChI is InChI=1S/C26H32F3NO2/c1-2-6-23(14-9-19-7-4-3-5-8-19)30-16-15-20(18-25(31)32)17-24(30)21-10-12-22(13-11-21)26(27,28)29/h3-5,7-8,10-13,20,23-24H,2,6,9,14-18H2,1H3,(H,31,32)/t20-,23+,24+/m1/s1. The van der Waals surface area contributed by atoms with E-state index in [0.29, 0.717) is 12.5 Å². The van der Waals surface area contributed by atoms with Crippen molar-refractivity contribution in [2.75, 3.05) is 6.54 Å². The molecule has 0 saturated carbocycles. The van der Waals surface area contributed by atoms with Gasteiger partial charge in [0.2, 0.25) is 0 Å². The molecule has 2 aromatic carbocycles. The second-order valence-electron chi connectivity index (χ2n) is 8.83. The molecule has 0 radical (unpaired) electrons. The van der Waals surface area contributed by atoms with Crippen molar-refractivity contribution in [1.82, 2.24) is 4.90 Å².